The molecule has 4 N–H and O–H groups in total. The van der Waals surface area contributed by atoms with Crippen LogP contribution in [0.2, 0.25) is 0 Å². The molecule has 230 valence electrons. The van der Waals surface area contributed by atoms with Crippen LogP contribution in [0, 0.1) is 0 Å². The zero-order chi connectivity index (χ0) is 27.7. The second-order valence-corrected chi connectivity index (χ2v) is 12.0. The van der Waals surface area contributed by atoms with Gasteiger partial charge in [0.15, 0.2) is 12.0 Å². The van der Waals surface area contributed by atoms with Crippen LogP contribution >= 0.6 is 7.82 Å². The Morgan fingerprint density at radius 3 is 2.33 bits per heavy atom. The summed E-state index contributed by atoms with van der Waals surface area (Å²) in [6.07, 6.45) is -1.49. The smallest absolute Gasteiger partial charge is 0.375 e. The van der Waals surface area contributed by atoms with Gasteiger partial charge in [-0.15, -0.1) is 0 Å². The summed E-state index contributed by atoms with van der Waals surface area (Å²) in [6.45, 7) is 2.02. The topological polar surface area (TPSA) is 136 Å². The number of rotatable bonds is 4. The van der Waals surface area contributed by atoms with Crippen LogP contribution in [0.3, 0.4) is 0 Å². The minimum atomic E-state index is -4.96. The molecule has 5 atom stereocenters. The molecule has 2 bridgehead atoms. The third kappa shape index (κ3) is 3.00. The Hall–Kier alpha value is -5.28. The van der Waals surface area contributed by atoms with Gasteiger partial charge in [0, 0.05) is 46.7 Å². The number of hydrogen-bond donors (Lipinski definition) is 4. The van der Waals surface area contributed by atoms with Crippen molar-refractivity contribution in [3.05, 3.63) is 59.7 Å². The quantitative estimate of drug-likeness (QED) is 0.199. The molecule has 0 saturated carbocycles. The van der Waals surface area contributed by atoms with E-state index in [9.17, 15) is 19.1 Å². The molecule has 1 saturated heterocycles. The molecule has 1 amide bonds. The van der Waals surface area contributed by atoms with E-state index in [1.54, 1.807) is 7.11 Å². The number of hydrogen-bond acceptors (Lipinski definition) is 6. The Morgan fingerprint density at radius 2 is 1.69 bits per heavy atom. The van der Waals surface area contributed by atoms with Crippen molar-refractivity contribution >= 4 is 57.3 Å². The second kappa shape index (κ2) is 8.37. The van der Waals surface area contributed by atoms with Crippen LogP contribution in [-0.4, -0.2) is 51.1 Å². The number of phosphoric acid groups is 1. The molecule has 3 aromatic carbocycles. The Kier molecular flexibility index (Phi) is 5.37. The number of phosphoric ester groups is 1. The van der Waals surface area contributed by atoms with Crippen LogP contribution in [0.4, 0.5) is 0 Å². The van der Waals surface area contributed by atoms with E-state index in [0.29, 0.717) is 28.3 Å². The molecule has 5 unspecified atom stereocenters. The average Bonchev–Trinajstić information content (AvgIpc) is 3.52. The predicted octanol–water partition coefficient (Wildman–Crippen LogP) is 3.96. The summed E-state index contributed by atoms with van der Waals surface area (Å²) in [5.41, 5.74) is 3.16. The van der Waals surface area contributed by atoms with Crippen molar-refractivity contribution in [3.63, 3.8) is 0 Å². The minimum Gasteiger partial charge on any atom is -0.375 e. The molecule has 3 aliphatic heterocycles. The molecule has 5 aromatic rings. The molecule has 8 rings (SSSR count). The van der Waals surface area contributed by atoms with Gasteiger partial charge in [-0.1, -0.05) is 36.4 Å². The molecule has 0 aliphatic carbocycles. The van der Waals surface area contributed by atoms with Crippen molar-refractivity contribution in [1.82, 2.24) is 19.8 Å². The van der Waals surface area contributed by atoms with E-state index in [1.165, 1.54) is 0 Å². The first kappa shape index (κ1) is 26.9. The van der Waals surface area contributed by atoms with Crippen LogP contribution in [0.1, 0.15) is 41.7 Å². The van der Waals surface area contributed by atoms with E-state index < -0.39 is 25.7 Å². The van der Waals surface area contributed by atoms with Gasteiger partial charge in [-0.05, 0) is 26.1 Å². The van der Waals surface area contributed by atoms with Gasteiger partial charge in [0.05, 0.1) is 27.6 Å². The van der Waals surface area contributed by atoms with Crippen molar-refractivity contribution in [1.29, 1.82) is 0 Å². The molecular weight excluding hydrogens is 1050 g/mol. The number of methoxy groups -OCH3 is 1. The van der Waals surface area contributed by atoms with Crippen molar-refractivity contribution in [2.75, 3.05) is 14.2 Å². The van der Waals surface area contributed by atoms with E-state index in [-0.39, 0.29) is 18.4 Å². The third-order valence-corrected chi connectivity index (χ3v) is 9.36. The number of likely N-dealkylation sites (N-methyl/N-ethyl adjacent to an activating group) is 1. The first-order chi connectivity index (χ1) is 19.2. The second-order valence-electron chi connectivity index (χ2n) is 10.8. The number of nitrogens with zero attached hydrogens (tertiary/aromatic N) is 2. The first-order valence-corrected chi connectivity index (χ1v) is 14.7. The molecule has 3 aliphatic rings. The Bertz CT molecular complexity index is 1990. The summed E-state index contributed by atoms with van der Waals surface area (Å²) in [7, 11) is -1.37. The van der Waals surface area contributed by atoms with Gasteiger partial charge < -0.3 is 39.0 Å². The zero-order valence-corrected chi connectivity index (χ0v) is 28.2. The molecule has 0 radical (unpaired) electrons. The van der Waals surface area contributed by atoms with Crippen molar-refractivity contribution < 1.29 is 33.1 Å². The molecule has 14 heteroatoms. The Morgan fingerprint density at radius 1 is 1.05 bits per heavy atom. The summed E-state index contributed by atoms with van der Waals surface area (Å²) < 4.78 is 34.8. The maximum atomic E-state index is 13.7. The molecule has 0 spiro atoms. The molecular formula is C28H27Fm2N4O7P. The van der Waals surface area contributed by atoms with Gasteiger partial charge in [-0.2, -0.15) is 0 Å². The van der Waals surface area contributed by atoms with E-state index in [0.717, 1.165) is 32.8 Å². The van der Waals surface area contributed by atoms with Gasteiger partial charge in [0.25, 0.3) is 5.91 Å². The number of benzene rings is 3. The van der Waals surface area contributed by atoms with Crippen LogP contribution in [0.15, 0.2) is 48.5 Å². The number of ether oxygens (including phenoxy) is 2. The SMILES string of the molecule is CNC1CC2OC(C)(C1OC)n1c3ccccc3c3c4c(c5c6ccccc6n2c5c31)C(=O)NC4OP(=O)(O)O.[Fm].[Fm]. The average molecular weight is 1080 g/mol. The number of carbonyl (C=O) groups is 1. The number of nitrogens with one attached hydrogen (secondary N) is 2. The zero-order valence-electron chi connectivity index (χ0n) is 22.5. The standard InChI is InChI=1S/C28H27N4O7P.2Fm/c1-28-25(37-3)15(29-2)12-18(38-28)31-16-10-6-4-8-13(16)19-21-22(27(30-26(21)33)39-40(34,35)36)20-14-9-5-7-11-17(14)32(28)24(20)23(19)31;;/h4-11,15,18,25,27,29H,12H2,1-3H3,(H,30,33)(H2,34,35,36);;. The van der Waals surface area contributed by atoms with E-state index in [4.69, 9.17) is 14.0 Å². The summed E-state index contributed by atoms with van der Waals surface area (Å²) in [4.78, 5) is 33.3. The van der Waals surface area contributed by atoms with Gasteiger partial charge in [-0.3, -0.25) is 9.32 Å². The van der Waals surface area contributed by atoms with Gasteiger partial charge >= 0.3 is 7.82 Å². The van der Waals surface area contributed by atoms with Gasteiger partial charge in [0.1, 0.15) is 12.3 Å². The van der Waals surface area contributed by atoms with Crippen LogP contribution < -0.4 is 10.6 Å². The number of amides is 1. The minimum absolute atomic E-state index is 0. The van der Waals surface area contributed by atoms with E-state index in [2.05, 4.69) is 19.8 Å². The molecule has 11 nitrogen and oxygen atoms in total. The summed E-state index contributed by atoms with van der Waals surface area (Å²) in [5, 5.41) is 9.19. The number of para-hydroxylation sites is 2. The fourth-order valence-corrected chi connectivity index (χ4v) is 8.01. The molecule has 1 fully saturated rings. The van der Waals surface area contributed by atoms with E-state index in [1.807, 2.05) is 62.5 Å². The number of aromatic nitrogens is 2. The molecule has 5 heterocycles. The summed E-state index contributed by atoms with van der Waals surface area (Å²) >= 11 is 0. The largest absolute Gasteiger partial charge is 0.471 e. The van der Waals surface area contributed by atoms with Gasteiger partial charge in [0.2, 0.25) is 0 Å². The summed E-state index contributed by atoms with van der Waals surface area (Å²) in [5.74, 6) is -0.447. The van der Waals surface area contributed by atoms with Gasteiger partial charge in [-0.25, -0.2) is 4.57 Å². The Labute approximate surface area is 227 Å². The third-order valence-electron chi connectivity index (χ3n) is 8.87. The number of fused-ring (bicyclic) bond motifs is 13. The summed E-state index contributed by atoms with van der Waals surface area (Å²) in [6, 6.07) is 15.6. The van der Waals surface area contributed by atoms with Crippen LogP contribution in [0.25, 0.3) is 43.6 Å². The van der Waals surface area contributed by atoms with Crippen molar-refractivity contribution in [3.8, 4) is 0 Å². The fraction of sp³-hybridized carbons (Fsp3) is 0.321. The maximum absolute atomic E-state index is 13.7. The maximum Gasteiger partial charge on any atom is 0.471 e. The fourth-order valence-electron chi connectivity index (χ4n) is 7.58. The number of carbonyl (C=O) groups excluding carboxylic acids is 1. The van der Waals surface area contributed by atoms with Crippen LogP contribution in [0.5, 0.6) is 0 Å². The molecule has 2 aromatic heterocycles. The monoisotopic (exact) mass is 1080 g/mol. The predicted molar refractivity (Wildman–Crippen MR) is 148 cm³/mol. The van der Waals surface area contributed by atoms with Crippen molar-refractivity contribution in [2.45, 2.75) is 43.7 Å². The van der Waals surface area contributed by atoms with E-state index >= 15 is 0 Å². The Balaban J connectivity index is 0.00000158. The normalized spacial score (nSPS) is 26.4. The first-order valence-electron chi connectivity index (χ1n) is 13.1. The van der Waals surface area contributed by atoms with Crippen molar-refractivity contribution in [2.24, 2.45) is 0 Å². The van der Waals surface area contributed by atoms with Crippen LogP contribution in [-0.2, 0) is 24.3 Å². The molecule has 42 heavy (non-hydrogen) atoms.